The third-order valence-electron chi connectivity index (χ3n) is 2.00. The highest BCUT2D eigenvalue weighted by molar-refractivity contribution is 7.18. The zero-order valence-corrected chi connectivity index (χ0v) is 9.71. The third-order valence-corrected chi connectivity index (χ3v) is 3.03. The highest BCUT2D eigenvalue weighted by Gasteiger charge is 2.05. The maximum atomic E-state index is 11.1. The average Bonchev–Trinajstić information content (AvgIpc) is 2.69. The van der Waals surface area contributed by atoms with Crippen molar-refractivity contribution in [3.63, 3.8) is 0 Å². The van der Waals surface area contributed by atoms with Gasteiger partial charge in [0.1, 0.15) is 5.01 Å². The molecule has 2 aromatic rings. The standard InChI is InChI=1S/C11H12N2O2S/c1-2-15-11(14)12-7-10-13-8-5-3-4-6-9(8)16-10/h3-6H,2,7H2,1H3,(H,12,14). The van der Waals surface area contributed by atoms with Crippen LogP contribution in [0.2, 0.25) is 0 Å². The van der Waals surface area contributed by atoms with Crippen LogP contribution in [0.25, 0.3) is 10.2 Å². The summed E-state index contributed by atoms with van der Waals surface area (Å²) in [6, 6.07) is 7.90. The number of carbonyl (C=O) groups excluding carboxylic acids is 1. The zero-order chi connectivity index (χ0) is 11.4. The van der Waals surface area contributed by atoms with Gasteiger partial charge in [-0.1, -0.05) is 12.1 Å². The van der Waals surface area contributed by atoms with Crippen molar-refractivity contribution in [2.45, 2.75) is 13.5 Å². The Labute approximate surface area is 97.3 Å². The average molecular weight is 236 g/mol. The molecule has 16 heavy (non-hydrogen) atoms. The van der Waals surface area contributed by atoms with Gasteiger partial charge < -0.3 is 10.1 Å². The monoisotopic (exact) mass is 236 g/mol. The van der Waals surface area contributed by atoms with Gasteiger partial charge >= 0.3 is 6.09 Å². The number of hydrogen-bond acceptors (Lipinski definition) is 4. The fourth-order valence-corrected chi connectivity index (χ4v) is 2.23. The van der Waals surface area contributed by atoms with Gasteiger partial charge in [0.25, 0.3) is 0 Å². The van der Waals surface area contributed by atoms with Gasteiger partial charge in [-0.15, -0.1) is 11.3 Å². The lowest BCUT2D eigenvalue weighted by Crippen LogP contribution is -2.23. The lowest BCUT2D eigenvalue weighted by atomic mass is 10.3. The molecule has 5 heteroatoms. The van der Waals surface area contributed by atoms with Gasteiger partial charge in [-0.05, 0) is 19.1 Å². The van der Waals surface area contributed by atoms with E-state index in [9.17, 15) is 4.79 Å². The van der Waals surface area contributed by atoms with Crippen LogP contribution in [0, 0.1) is 0 Å². The van der Waals surface area contributed by atoms with E-state index in [2.05, 4.69) is 10.3 Å². The van der Waals surface area contributed by atoms with E-state index in [0.29, 0.717) is 13.2 Å². The minimum absolute atomic E-state index is 0.381. The predicted molar refractivity (Wildman–Crippen MR) is 63.5 cm³/mol. The molecule has 0 bridgehead atoms. The highest BCUT2D eigenvalue weighted by atomic mass is 32.1. The number of nitrogens with one attached hydrogen (secondary N) is 1. The number of aromatic nitrogens is 1. The van der Waals surface area contributed by atoms with E-state index >= 15 is 0 Å². The molecule has 1 heterocycles. The first-order valence-electron chi connectivity index (χ1n) is 5.04. The molecule has 0 saturated heterocycles. The zero-order valence-electron chi connectivity index (χ0n) is 8.90. The van der Waals surface area contributed by atoms with Gasteiger partial charge in [0.2, 0.25) is 0 Å². The SMILES string of the molecule is CCOC(=O)NCc1nc2ccccc2s1. The molecule has 0 aliphatic heterocycles. The fraction of sp³-hybridized carbons (Fsp3) is 0.273. The van der Waals surface area contributed by atoms with E-state index in [1.165, 1.54) is 0 Å². The molecular formula is C11H12N2O2S. The lowest BCUT2D eigenvalue weighted by molar-refractivity contribution is 0.151. The van der Waals surface area contributed by atoms with Crippen LogP contribution >= 0.6 is 11.3 Å². The van der Waals surface area contributed by atoms with Crippen LogP contribution in [-0.4, -0.2) is 17.7 Å². The molecule has 0 aliphatic rings. The molecule has 0 saturated carbocycles. The highest BCUT2D eigenvalue weighted by Crippen LogP contribution is 2.21. The maximum absolute atomic E-state index is 11.1. The first-order chi connectivity index (χ1) is 7.79. The molecule has 1 N–H and O–H groups in total. The van der Waals surface area contributed by atoms with E-state index in [1.807, 2.05) is 24.3 Å². The molecule has 4 nitrogen and oxygen atoms in total. The second-order valence-electron chi connectivity index (χ2n) is 3.15. The Bertz CT molecular complexity index is 462. The number of alkyl carbamates (subject to hydrolysis) is 1. The summed E-state index contributed by atoms with van der Waals surface area (Å²) in [5.74, 6) is 0. The number of carbonyl (C=O) groups is 1. The maximum Gasteiger partial charge on any atom is 0.407 e. The van der Waals surface area contributed by atoms with Crippen LogP contribution in [0.1, 0.15) is 11.9 Å². The molecule has 0 radical (unpaired) electrons. The number of hydrogen-bond donors (Lipinski definition) is 1. The normalized spacial score (nSPS) is 10.3. The number of fused-ring (bicyclic) bond motifs is 1. The van der Waals surface area contributed by atoms with Gasteiger partial charge in [-0.3, -0.25) is 0 Å². The Hall–Kier alpha value is -1.62. The summed E-state index contributed by atoms with van der Waals surface area (Å²) in [5, 5.41) is 3.53. The van der Waals surface area contributed by atoms with E-state index in [1.54, 1.807) is 18.3 Å². The molecule has 2 rings (SSSR count). The molecule has 1 amide bonds. The van der Waals surface area contributed by atoms with E-state index < -0.39 is 6.09 Å². The number of thiazole rings is 1. The van der Waals surface area contributed by atoms with Crippen molar-refractivity contribution in [1.82, 2.24) is 10.3 Å². The largest absolute Gasteiger partial charge is 0.450 e. The molecule has 1 aromatic heterocycles. The minimum Gasteiger partial charge on any atom is -0.450 e. The quantitative estimate of drug-likeness (QED) is 0.891. The second-order valence-corrected chi connectivity index (χ2v) is 4.26. The Kier molecular flexibility index (Phi) is 3.36. The topological polar surface area (TPSA) is 51.2 Å². The molecule has 1 aromatic carbocycles. The lowest BCUT2D eigenvalue weighted by Gasteiger charge is -2.01. The van der Waals surface area contributed by atoms with Gasteiger partial charge in [0.15, 0.2) is 0 Å². The van der Waals surface area contributed by atoms with Crippen LogP contribution < -0.4 is 5.32 Å². The summed E-state index contributed by atoms with van der Waals surface area (Å²) in [6.45, 7) is 2.57. The Balaban J connectivity index is 2.02. The van der Waals surface area contributed by atoms with Crippen molar-refractivity contribution in [2.24, 2.45) is 0 Å². The number of nitrogens with zero attached hydrogens (tertiary/aromatic N) is 1. The Morgan fingerprint density at radius 3 is 3.06 bits per heavy atom. The van der Waals surface area contributed by atoms with Crippen molar-refractivity contribution in [2.75, 3.05) is 6.61 Å². The summed E-state index contributed by atoms with van der Waals surface area (Å²) >= 11 is 1.58. The summed E-state index contributed by atoms with van der Waals surface area (Å²) in [4.78, 5) is 15.5. The van der Waals surface area contributed by atoms with E-state index in [4.69, 9.17) is 4.74 Å². The van der Waals surface area contributed by atoms with Crippen molar-refractivity contribution < 1.29 is 9.53 Å². The molecule has 0 spiro atoms. The number of rotatable bonds is 3. The summed E-state index contributed by atoms with van der Waals surface area (Å²) in [5.41, 5.74) is 0.966. The third kappa shape index (κ3) is 2.49. The number of ether oxygens (including phenoxy) is 1. The van der Waals surface area contributed by atoms with Gasteiger partial charge in [-0.25, -0.2) is 9.78 Å². The predicted octanol–water partition coefficient (Wildman–Crippen LogP) is 2.54. The molecule has 84 valence electrons. The molecule has 0 fully saturated rings. The Morgan fingerprint density at radius 2 is 2.31 bits per heavy atom. The van der Waals surface area contributed by atoms with Gasteiger partial charge in [-0.2, -0.15) is 0 Å². The van der Waals surface area contributed by atoms with E-state index in [0.717, 1.165) is 15.2 Å². The number of benzene rings is 1. The van der Waals surface area contributed by atoms with Gasteiger partial charge in [0, 0.05) is 0 Å². The number of para-hydroxylation sites is 1. The number of amides is 1. The molecule has 0 aliphatic carbocycles. The first-order valence-corrected chi connectivity index (χ1v) is 5.86. The summed E-state index contributed by atoms with van der Waals surface area (Å²) in [6.07, 6.45) is -0.401. The smallest absolute Gasteiger partial charge is 0.407 e. The minimum atomic E-state index is -0.401. The summed E-state index contributed by atoms with van der Waals surface area (Å²) in [7, 11) is 0. The van der Waals surface area contributed by atoms with Crippen LogP contribution in [0.5, 0.6) is 0 Å². The Morgan fingerprint density at radius 1 is 1.50 bits per heavy atom. The first kappa shape index (κ1) is 10.9. The molecule has 0 unspecified atom stereocenters. The van der Waals surface area contributed by atoms with Crippen LogP contribution in [0.4, 0.5) is 4.79 Å². The van der Waals surface area contributed by atoms with Crippen molar-refractivity contribution in [3.05, 3.63) is 29.3 Å². The van der Waals surface area contributed by atoms with Crippen molar-refractivity contribution >= 4 is 27.6 Å². The molecule has 0 atom stereocenters. The van der Waals surface area contributed by atoms with Gasteiger partial charge in [0.05, 0.1) is 23.4 Å². The van der Waals surface area contributed by atoms with Crippen LogP contribution in [-0.2, 0) is 11.3 Å². The van der Waals surface area contributed by atoms with E-state index in [-0.39, 0.29) is 0 Å². The molecular weight excluding hydrogens is 224 g/mol. The van der Waals surface area contributed by atoms with Crippen LogP contribution in [0.3, 0.4) is 0 Å². The fourth-order valence-electron chi connectivity index (χ4n) is 1.33. The van der Waals surface area contributed by atoms with Crippen LogP contribution in [0.15, 0.2) is 24.3 Å². The van der Waals surface area contributed by atoms with Crippen molar-refractivity contribution in [3.8, 4) is 0 Å². The van der Waals surface area contributed by atoms with Crippen molar-refractivity contribution in [1.29, 1.82) is 0 Å². The summed E-state index contributed by atoms with van der Waals surface area (Å²) < 4.78 is 5.89. The second kappa shape index (κ2) is 4.94.